The number of aryl methyl sites for hydroxylation is 2. The summed E-state index contributed by atoms with van der Waals surface area (Å²) in [6, 6.07) is 0. The van der Waals surface area contributed by atoms with Gasteiger partial charge in [0.15, 0.2) is 0 Å². The molecule has 1 rings (SSSR count). The Bertz CT molecular complexity index is 311. The van der Waals surface area contributed by atoms with Crippen molar-refractivity contribution in [1.82, 2.24) is 10.5 Å². The van der Waals surface area contributed by atoms with Gasteiger partial charge in [-0.3, -0.25) is 4.79 Å². The van der Waals surface area contributed by atoms with Crippen molar-refractivity contribution in [3.63, 3.8) is 0 Å². The van der Waals surface area contributed by atoms with Gasteiger partial charge < -0.3 is 14.9 Å². The third kappa shape index (κ3) is 2.32. The summed E-state index contributed by atoms with van der Waals surface area (Å²) in [5, 5.41) is 15.2. The van der Waals surface area contributed by atoms with Crippen molar-refractivity contribution in [3.05, 3.63) is 17.0 Å². The highest BCUT2D eigenvalue weighted by atomic mass is 16.5. The van der Waals surface area contributed by atoms with E-state index in [0.29, 0.717) is 17.0 Å². The average molecular weight is 198 g/mol. The van der Waals surface area contributed by atoms with Crippen molar-refractivity contribution in [2.24, 2.45) is 0 Å². The van der Waals surface area contributed by atoms with E-state index in [1.165, 1.54) is 0 Å². The normalized spacial score (nSPS) is 12.6. The number of nitrogens with one attached hydrogen (secondary N) is 1. The first-order chi connectivity index (χ1) is 6.52. The van der Waals surface area contributed by atoms with Crippen LogP contribution in [0.2, 0.25) is 0 Å². The van der Waals surface area contributed by atoms with E-state index < -0.39 is 6.10 Å². The molecule has 0 aliphatic rings. The van der Waals surface area contributed by atoms with Crippen molar-refractivity contribution >= 4 is 5.91 Å². The Morgan fingerprint density at radius 1 is 1.64 bits per heavy atom. The maximum absolute atomic E-state index is 11.5. The van der Waals surface area contributed by atoms with Gasteiger partial charge in [0, 0.05) is 6.54 Å². The molecule has 78 valence electrons. The predicted octanol–water partition coefficient (Wildman–Crippen LogP) is 0.402. The second-order valence-corrected chi connectivity index (χ2v) is 3.26. The Morgan fingerprint density at radius 2 is 2.29 bits per heavy atom. The van der Waals surface area contributed by atoms with E-state index in [0.717, 1.165) is 0 Å². The number of carbonyl (C=O) groups is 1. The van der Waals surface area contributed by atoms with Crippen LogP contribution in [0.25, 0.3) is 0 Å². The van der Waals surface area contributed by atoms with E-state index in [-0.39, 0.29) is 12.5 Å². The summed E-state index contributed by atoms with van der Waals surface area (Å²) >= 11 is 0. The third-order valence-electron chi connectivity index (χ3n) is 1.82. The van der Waals surface area contributed by atoms with Crippen molar-refractivity contribution in [2.75, 3.05) is 6.54 Å². The Hall–Kier alpha value is -1.36. The summed E-state index contributed by atoms with van der Waals surface area (Å²) in [7, 11) is 0. The SMILES string of the molecule is Cc1noc(C)c1C(=O)NC[C@@H](C)O. The molecule has 0 fully saturated rings. The molecule has 0 radical (unpaired) electrons. The first-order valence-electron chi connectivity index (χ1n) is 4.41. The van der Waals surface area contributed by atoms with E-state index in [2.05, 4.69) is 10.5 Å². The molecule has 0 saturated carbocycles. The quantitative estimate of drug-likeness (QED) is 0.737. The van der Waals surface area contributed by atoms with Crippen LogP contribution in [0.15, 0.2) is 4.52 Å². The fourth-order valence-electron chi connectivity index (χ4n) is 1.14. The number of aromatic nitrogens is 1. The fourth-order valence-corrected chi connectivity index (χ4v) is 1.14. The van der Waals surface area contributed by atoms with Crippen LogP contribution in [0.3, 0.4) is 0 Å². The maximum atomic E-state index is 11.5. The molecule has 0 bridgehead atoms. The number of aliphatic hydroxyl groups is 1. The Balaban J connectivity index is 2.70. The van der Waals surface area contributed by atoms with Crippen LogP contribution in [-0.4, -0.2) is 28.8 Å². The van der Waals surface area contributed by atoms with Gasteiger partial charge in [-0.15, -0.1) is 0 Å². The molecule has 5 nitrogen and oxygen atoms in total. The molecule has 0 unspecified atom stereocenters. The predicted molar refractivity (Wildman–Crippen MR) is 50.0 cm³/mol. The molecule has 1 aromatic heterocycles. The summed E-state index contributed by atoms with van der Waals surface area (Å²) < 4.78 is 4.85. The van der Waals surface area contributed by atoms with Gasteiger partial charge in [0.2, 0.25) is 0 Å². The lowest BCUT2D eigenvalue weighted by atomic mass is 10.2. The van der Waals surface area contributed by atoms with Gasteiger partial charge in [-0.05, 0) is 20.8 Å². The zero-order valence-corrected chi connectivity index (χ0v) is 8.50. The molecule has 1 amide bonds. The van der Waals surface area contributed by atoms with Crippen molar-refractivity contribution < 1.29 is 14.4 Å². The number of carbonyl (C=O) groups excluding carboxylic acids is 1. The van der Waals surface area contributed by atoms with Crippen LogP contribution in [0.4, 0.5) is 0 Å². The molecular formula is C9H14N2O3. The zero-order valence-electron chi connectivity index (χ0n) is 8.50. The molecule has 1 heterocycles. The van der Waals surface area contributed by atoms with Gasteiger partial charge >= 0.3 is 0 Å². The molecule has 0 spiro atoms. The molecule has 2 N–H and O–H groups in total. The van der Waals surface area contributed by atoms with Gasteiger partial charge in [0.25, 0.3) is 5.91 Å². The highest BCUT2D eigenvalue weighted by Gasteiger charge is 2.16. The minimum absolute atomic E-state index is 0.225. The van der Waals surface area contributed by atoms with E-state index in [9.17, 15) is 4.79 Å². The summed E-state index contributed by atoms with van der Waals surface area (Å²) in [5.41, 5.74) is 1.01. The summed E-state index contributed by atoms with van der Waals surface area (Å²) in [6.07, 6.45) is -0.556. The van der Waals surface area contributed by atoms with Gasteiger partial charge in [-0.25, -0.2) is 0 Å². The number of aliphatic hydroxyl groups excluding tert-OH is 1. The molecule has 0 aliphatic heterocycles. The Labute approximate surface area is 82.1 Å². The lowest BCUT2D eigenvalue weighted by Gasteiger charge is -2.05. The smallest absolute Gasteiger partial charge is 0.256 e. The first-order valence-corrected chi connectivity index (χ1v) is 4.41. The van der Waals surface area contributed by atoms with E-state index in [1.807, 2.05) is 0 Å². The molecular weight excluding hydrogens is 184 g/mol. The minimum Gasteiger partial charge on any atom is -0.392 e. The summed E-state index contributed by atoms with van der Waals surface area (Å²) in [5.74, 6) is 0.229. The second-order valence-electron chi connectivity index (χ2n) is 3.26. The number of rotatable bonds is 3. The molecule has 5 heteroatoms. The lowest BCUT2D eigenvalue weighted by molar-refractivity contribution is 0.0922. The van der Waals surface area contributed by atoms with Crippen molar-refractivity contribution in [1.29, 1.82) is 0 Å². The van der Waals surface area contributed by atoms with Crippen LogP contribution in [0.5, 0.6) is 0 Å². The van der Waals surface area contributed by atoms with Gasteiger partial charge in [0.05, 0.1) is 11.8 Å². The monoisotopic (exact) mass is 198 g/mol. The standard InChI is InChI=1S/C9H14N2O3/c1-5(12)4-10-9(13)8-6(2)11-14-7(8)3/h5,12H,4H2,1-3H3,(H,10,13)/t5-/m1/s1. The molecule has 0 aromatic carbocycles. The molecule has 14 heavy (non-hydrogen) atoms. The average Bonchev–Trinajstić information content (AvgIpc) is 2.42. The second kappa shape index (κ2) is 4.23. The van der Waals surface area contributed by atoms with Crippen molar-refractivity contribution in [3.8, 4) is 0 Å². The first kappa shape index (κ1) is 10.7. The molecule has 1 aromatic rings. The van der Waals surface area contributed by atoms with Crippen molar-refractivity contribution in [2.45, 2.75) is 26.9 Å². The fraction of sp³-hybridized carbons (Fsp3) is 0.556. The molecule has 0 saturated heterocycles. The Kier molecular flexibility index (Phi) is 3.24. The van der Waals surface area contributed by atoms with E-state index in [4.69, 9.17) is 9.63 Å². The zero-order chi connectivity index (χ0) is 10.7. The Morgan fingerprint density at radius 3 is 2.71 bits per heavy atom. The van der Waals surface area contributed by atoms with Gasteiger partial charge in [-0.2, -0.15) is 0 Å². The van der Waals surface area contributed by atoms with Gasteiger partial charge in [-0.1, -0.05) is 5.16 Å². The van der Waals surface area contributed by atoms with Crippen LogP contribution in [-0.2, 0) is 0 Å². The lowest BCUT2D eigenvalue weighted by Crippen LogP contribution is -2.31. The van der Waals surface area contributed by atoms with Crippen LogP contribution in [0, 0.1) is 13.8 Å². The highest BCUT2D eigenvalue weighted by Crippen LogP contribution is 2.11. The van der Waals surface area contributed by atoms with Crippen LogP contribution in [0.1, 0.15) is 28.7 Å². The van der Waals surface area contributed by atoms with Crippen LogP contribution >= 0.6 is 0 Å². The third-order valence-corrected chi connectivity index (χ3v) is 1.82. The maximum Gasteiger partial charge on any atom is 0.256 e. The van der Waals surface area contributed by atoms with E-state index >= 15 is 0 Å². The highest BCUT2D eigenvalue weighted by molar-refractivity contribution is 5.96. The largest absolute Gasteiger partial charge is 0.392 e. The molecule has 0 aliphatic carbocycles. The summed E-state index contributed by atoms with van der Waals surface area (Å²) in [6.45, 7) is 5.21. The van der Waals surface area contributed by atoms with Crippen LogP contribution < -0.4 is 5.32 Å². The summed E-state index contributed by atoms with van der Waals surface area (Å²) in [4.78, 5) is 11.5. The topological polar surface area (TPSA) is 75.4 Å². The van der Waals surface area contributed by atoms with E-state index in [1.54, 1.807) is 20.8 Å². The number of nitrogens with zero attached hydrogens (tertiary/aromatic N) is 1. The number of amides is 1. The minimum atomic E-state index is -0.556. The van der Waals surface area contributed by atoms with Gasteiger partial charge in [0.1, 0.15) is 11.3 Å². The number of hydrogen-bond donors (Lipinski definition) is 2. The number of hydrogen-bond acceptors (Lipinski definition) is 4. The molecule has 1 atom stereocenters.